The number of hydrogen-bond donors (Lipinski definition) is 0. The molecule has 0 aromatic rings. The van der Waals surface area contributed by atoms with Gasteiger partial charge in [0.15, 0.2) is 5.82 Å². The molecule has 0 saturated carbocycles. The summed E-state index contributed by atoms with van der Waals surface area (Å²) in [6, 6.07) is 0. The number of aryl methyl sites for hydroxylation is 1. The first kappa shape index (κ1) is 2.39. The Morgan fingerprint density at radius 2 is 2.67 bits per heavy atom. The van der Waals surface area contributed by atoms with Crippen molar-refractivity contribution in [2.45, 2.75) is 6.92 Å². The van der Waals surface area contributed by atoms with Crippen LogP contribution in [0.3, 0.4) is 0 Å². The lowest BCUT2D eigenvalue weighted by molar-refractivity contribution is 1.07. The lowest BCUT2D eigenvalue weighted by Gasteiger charge is -1.88. The third-order valence-corrected chi connectivity index (χ3v) is 1.05. The Kier molecular flexibility index (Phi) is 0.166. The Hall–Kier alpha value is -0.790. The number of fused-ring (bicyclic) bond motifs is 1. The first-order chi connectivity index (χ1) is 2.88. The second-order valence-electron chi connectivity index (χ2n) is 1.58. The van der Waals surface area contributed by atoms with E-state index in [4.69, 9.17) is 0 Å². The molecular formula is C4H4N2. The average molecular weight is 80.1 g/mol. The van der Waals surface area contributed by atoms with Crippen LogP contribution < -0.4 is 0 Å². The zero-order valence-electron chi connectivity index (χ0n) is 3.47. The van der Waals surface area contributed by atoms with Crippen molar-refractivity contribution in [3.05, 3.63) is 11.8 Å². The second-order valence-corrected chi connectivity index (χ2v) is 1.58. The smallest absolute Gasteiger partial charge is 0.178 e. The van der Waals surface area contributed by atoms with Gasteiger partial charge in [0.05, 0.1) is 0 Å². The van der Waals surface area contributed by atoms with Gasteiger partial charge in [-0.1, -0.05) is 0 Å². The van der Waals surface area contributed by atoms with E-state index in [1.807, 2.05) is 10.9 Å². The molecule has 6 heavy (non-hydrogen) atoms. The Balaban J connectivity index is 2.83. The van der Waals surface area contributed by atoms with Gasteiger partial charge in [-0.15, -0.1) is 5.10 Å². The van der Waals surface area contributed by atoms with Gasteiger partial charge < -0.3 is 0 Å². The van der Waals surface area contributed by atoms with Crippen LogP contribution in [0.5, 0.6) is 0 Å². The number of rotatable bonds is 0. The second kappa shape index (κ2) is 0.416. The predicted molar refractivity (Wildman–Crippen MR) is 21.9 cm³/mol. The third kappa shape index (κ3) is 0.0898. The summed E-state index contributed by atoms with van der Waals surface area (Å²) >= 11 is 0. The van der Waals surface area contributed by atoms with Gasteiger partial charge in [-0.25, -0.2) is 4.68 Å². The lowest BCUT2D eigenvalue weighted by Crippen LogP contribution is -1.82. The highest BCUT2D eigenvalue weighted by Crippen LogP contribution is 2.21. The molecule has 0 saturated heterocycles. The Morgan fingerprint density at radius 1 is 1.83 bits per heavy atom. The quantitative estimate of drug-likeness (QED) is 0.450. The SMILES string of the molecule is Cc1cn2nc1-2. The van der Waals surface area contributed by atoms with Gasteiger partial charge in [-0.05, 0) is 6.92 Å². The zero-order valence-corrected chi connectivity index (χ0v) is 3.47. The normalized spacial score (nSPS) is 12.2. The maximum absolute atomic E-state index is 3.91. The van der Waals surface area contributed by atoms with Gasteiger partial charge in [-0.3, -0.25) is 0 Å². The topological polar surface area (TPSA) is 17.8 Å². The standard InChI is InChI=1S/C4H4N2/c1-3-2-6-4(3)5-6/h2H,1H3. The fraction of sp³-hybridized carbons (Fsp3) is 0.250. The average Bonchev–Trinajstić information content (AvgIpc) is 2.12. The first-order valence-corrected chi connectivity index (χ1v) is 1.94. The van der Waals surface area contributed by atoms with E-state index in [1.165, 1.54) is 11.4 Å². The highest BCUT2D eigenvalue weighted by molar-refractivity contribution is 5.42. The molecule has 0 aromatic carbocycles. The minimum Gasteiger partial charge on any atom is -0.218 e. The first-order valence-electron chi connectivity index (χ1n) is 1.94. The molecule has 2 heterocycles. The molecule has 0 aromatic heterocycles. The van der Waals surface area contributed by atoms with E-state index in [-0.39, 0.29) is 0 Å². The van der Waals surface area contributed by atoms with Crippen LogP contribution in [-0.4, -0.2) is 9.78 Å². The van der Waals surface area contributed by atoms with E-state index in [1.54, 1.807) is 0 Å². The van der Waals surface area contributed by atoms with Crippen LogP contribution in [-0.2, 0) is 0 Å². The van der Waals surface area contributed by atoms with Crippen molar-refractivity contribution in [2.75, 3.05) is 0 Å². The molecule has 30 valence electrons. The molecule has 0 unspecified atom stereocenters. The van der Waals surface area contributed by atoms with E-state index in [0.717, 1.165) is 0 Å². The molecule has 0 spiro atoms. The zero-order chi connectivity index (χ0) is 4.15. The van der Waals surface area contributed by atoms with Crippen LogP contribution in [0.25, 0.3) is 5.82 Å². The number of hydrogen-bond acceptors (Lipinski definition) is 1. The molecule has 2 nitrogen and oxygen atoms in total. The molecule has 0 aliphatic carbocycles. The van der Waals surface area contributed by atoms with Gasteiger partial charge in [0, 0.05) is 11.8 Å². The molecule has 0 amide bonds. The Morgan fingerprint density at radius 3 is 2.67 bits per heavy atom. The summed E-state index contributed by atoms with van der Waals surface area (Å²) in [6.07, 6.45) is 2.01. The Bertz CT molecular complexity index is 187. The number of aromatic nitrogens is 2. The van der Waals surface area contributed by atoms with Crippen LogP contribution in [0.1, 0.15) is 5.56 Å². The van der Waals surface area contributed by atoms with E-state index >= 15 is 0 Å². The van der Waals surface area contributed by atoms with Gasteiger partial charge >= 0.3 is 0 Å². The van der Waals surface area contributed by atoms with Crippen molar-refractivity contribution in [3.63, 3.8) is 0 Å². The lowest BCUT2D eigenvalue weighted by atomic mass is 10.3. The summed E-state index contributed by atoms with van der Waals surface area (Å²) < 4.78 is 1.87. The van der Waals surface area contributed by atoms with Gasteiger partial charge in [0.2, 0.25) is 0 Å². The minimum absolute atomic E-state index is 1.18. The molecule has 0 radical (unpaired) electrons. The predicted octanol–water partition coefficient (Wildman–Crippen LogP) is 0.494. The molecule has 2 aliphatic heterocycles. The summed E-state index contributed by atoms with van der Waals surface area (Å²) in [5, 5.41) is 3.91. The molecule has 2 heteroatoms. The molecule has 0 atom stereocenters. The Labute approximate surface area is 35.4 Å². The molecule has 0 N–H and O–H groups in total. The summed E-state index contributed by atoms with van der Waals surface area (Å²) in [5.74, 6) is 1.18. The van der Waals surface area contributed by atoms with Gasteiger partial charge in [0.25, 0.3) is 0 Å². The largest absolute Gasteiger partial charge is 0.218 e. The molecule has 2 rings (SSSR count). The molecule has 2 aliphatic rings. The monoisotopic (exact) mass is 80.0 g/mol. The van der Waals surface area contributed by atoms with E-state index in [9.17, 15) is 0 Å². The number of nitrogens with zero attached hydrogens (tertiary/aromatic N) is 2. The van der Waals surface area contributed by atoms with E-state index < -0.39 is 0 Å². The van der Waals surface area contributed by atoms with Crippen LogP contribution in [0.4, 0.5) is 0 Å². The summed E-state index contributed by atoms with van der Waals surface area (Å²) in [5.41, 5.74) is 1.31. The van der Waals surface area contributed by atoms with Crippen molar-refractivity contribution in [1.29, 1.82) is 0 Å². The van der Waals surface area contributed by atoms with Gasteiger partial charge in [-0.2, -0.15) is 0 Å². The fourth-order valence-electron chi connectivity index (χ4n) is 0.604. The van der Waals surface area contributed by atoms with Crippen molar-refractivity contribution in [3.8, 4) is 5.82 Å². The van der Waals surface area contributed by atoms with Crippen molar-refractivity contribution in [2.24, 2.45) is 0 Å². The highest BCUT2D eigenvalue weighted by atomic mass is 15.5. The maximum Gasteiger partial charge on any atom is 0.178 e. The minimum atomic E-state index is 1.18. The van der Waals surface area contributed by atoms with Crippen LogP contribution in [0, 0.1) is 6.92 Å². The van der Waals surface area contributed by atoms with Crippen molar-refractivity contribution < 1.29 is 0 Å². The van der Waals surface area contributed by atoms with Crippen molar-refractivity contribution in [1.82, 2.24) is 9.78 Å². The van der Waals surface area contributed by atoms with Crippen molar-refractivity contribution >= 4 is 0 Å². The van der Waals surface area contributed by atoms with Crippen LogP contribution in [0.15, 0.2) is 6.20 Å². The fourth-order valence-corrected chi connectivity index (χ4v) is 0.604. The summed E-state index contributed by atoms with van der Waals surface area (Å²) in [6.45, 7) is 2.06. The maximum atomic E-state index is 3.91. The molecular weight excluding hydrogens is 76.1 g/mol. The van der Waals surface area contributed by atoms with Crippen LogP contribution >= 0.6 is 0 Å². The van der Waals surface area contributed by atoms with Crippen LogP contribution in [0.2, 0.25) is 0 Å². The van der Waals surface area contributed by atoms with Gasteiger partial charge in [0.1, 0.15) is 0 Å². The molecule has 0 fully saturated rings. The van der Waals surface area contributed by atoms with E-state index in [0.29, 0.717) is 0 Å². The molecule has 0 bridgehead atoms. The third-order valence-electron chi connectivity index (χ3n) is 1.05. The highest BCUT2D eigenvalue weighted by Gasteiger charge is 2.18. The summed E-state index contributed by atoms with van der Waals surface area (Å²) in [7, 11) is 0. The summed E-state index contributed by atoms with van der Waals surface area (Å²) in [4.78, 5) is 0. The van der Waals surface area contributed by atoms with E-state index in [2.05, 4.69) is 12.0 Å².